The monoisotopic (exact) mass is 463 g/mol. The molecule has 0 radical (unpaired) electrons. The van der Waals surface area contributed by atoms with E-state index in [0.717, 1.165) is 19.5 Å². The third-order valence-electron chi connectivity index (χ3n) is 7.61. The first-order valence-corrected chi connectivity index (χ1v) is 13.1. The Hall–Kier alpha value is -2.94. The molecule has 2 nitrogen and oxygen atoms in total. The fraction of sp³-hybridized carbons (Fsp3) is 0.333. The minimum atomic E-state index is 0.215. The van der Waals surface area contributed by atoms with Crippen molar-refractivity contribution in [1.29, 1.82) is 0 Å². The van der Waals surface area contributed by atoms with Crippen LogP contribution in [0.1, 0.15) is 54.9 Å². The summed E-state index contributed by atoms with van der Waals surface area (Å²) in [6.07, 6.45) is 2.57. The van der Waals surface area contributed by atoms with Crippen molar-refractivity contribution in [3.8, 4) is 0 Å². The van der Waals surface area contributed by atoms with E-state index in [2.05, 4.69) is 116 Å². The topological polar surface area (TPSA) is 21.3 Å². The first-order chi connectivity index (χ1) is 17.2. The van der Waals surface area contributed by atoms with Gasteiger partial charge in [0.25, 0.3) is 0 Å². The van der Waals surface area contributed by atoms with E-state index in [1.807, 2.05) is 0 Å². The molecular formula is C33H37NO. The summed E-state index contributed by atoms with van der Waals surface area (Å²) in [6, 6.07) is 34.8. The van der Waals surface area contributed by atoms with Gasteiger partial charge in [0.05, 0.1) is 12.7 Å². The summed E-state index contributed by atoms with van der Waals surface area (Å²) < 4.78 is 6.73. The van der Waals surface area contributed by atoms with Crippen LogP contribution >= 0.6 is 0 Å². The average molecular weight is 464 g/mol. The lowest BCUT2D eigenvalue weighted by Gasteiger charge is -2.41. The number of rotatable bonds is 8. The molecule has 1 saturated carbocycles. The maximum Gasteiger partial charge on any atom is 0.0720 e. The zero-order chi connectivity index (χ0) is 24.0. The number of fused-ring (bicyclic) bond motifs is 1. The standard InChI is InChI=1S/C33H37NO/c1-24-19-25(2)32(31(20-24)35-23-27-13-7-4-8-14-27)33-29(18-17-28-15-9-10-16-30(28)33)22-34-21-26-11-5-3-6-12-26/h3-18,24-25,31-32,34H,19-23H2,1-2H3/t24-,25+,31?,32?/m1/s1. The predicted molar refractivity (Wildman–Crippen MR) is 146 cm³/mol. The SMILES string of the molecule is C[C@H]1CC(OCc2ccccc2)C(c2c(CNCc3ccccc3)ccc3ccccc23)[C@@H](C)C1. The lowest BCUT2D eigenvalue weighted by atomic mass is 9.69. The van der Waals surface area contributed by atoms with Gasteiger partial charge in [0.1, 0.15) is 0 Å². The molecule has 1 fully saturated rings. The molecule has 0 aromatic heterocycles. The summed E-state index contributed by atoms with van der Waals surface area (Å²) in [5, 5.41) is 6.42. The van der Waals surface area contributed by atoms with Gasteiger partial charge in [-0.2, -0.15) is 0 Å². The Kier molecular flexibility index (Phi) is 7.61. The van der Waals surface area contributed by atoms with Crippen molar-refractivity contribution in [2.45, 2.75) is 58.4 Å². The summed E-state index contributed by atoms with van der Waals surface area (Å²) in [7, 11) is 0. The zero-order valence-electron chi connectivity index (χ0n) is 21.0. The first-order valence-electron chi connectivity index (χ1n) is 13.1. The Bertz CT molecular complexity index is 1220. The van der Waals surface area contributed by atoms with E-state index in [4.69, 9.17) is 4.74 Å². The number of nitrogens with one attached hydrogen (secondary N) is 1. The molecule has 0 heterocycles. The fourth-order valence-corrected chi connectivity index (χ4v) is 6.03. The van der Waals surface area contributed by atoms with E-state index in [1.165, 1.54) is 39.4 Å². The van der Waals surface area contributed by atoms with Gasteiger partial charge in [0.2, 0.25) is 0 Å². The molecule has 0 aliphatic heterocycles. The molecule has 35 heavy (non-hydrogen) atoms. The third kappa shape index (κ3) is 5.66. The molecule has 4 aromatic carbocycles. The third-order valence-corrected chi connectivity index (χ3v) is 7.61. The van der Waals surface area contributed by atoms with Gasteiger partial charge in [-0.1, -0.05) is 111 Å². The van der Waals surface area contributed by atoms with Gasteiger partial charge in [-0.15, -0.1) is 0 Å². The van der Waals surface area contributed by atoms with Crippen molar-refractivity contribution in [3.63, 3.8) is 0 Å². The van der Waals surface area contributed by atoms with E-state index < -0.39 is 0 Å². The lowest BCUT2D eigenvalue weighted by Crippen LogP contribution is -2.36. The summed E-state index contributed by atoms with van der Waals surface area (Å²) in [4.78, 5) is 0. The number of hydrogen-bond donors (Lipinski definition) is 1. The van der Waals surface area contributed by atoms with Crippen LogP contribution in [-0.2, 0) is 24.4 Å². The average Bonchev–Trinajstić information content (AvgIpc) is 2.89. The van der Waals surface area contributed by atoms with Crippen molar-refractivity contribution >= 4 is 10.8 Å². The second kappa shape index (κ2) is 11.2. The van der Waals surface area contributed by atoms with Crippen LogP contribution < -0.4 is 5.32 Å². The van der Waals surface area contributed by atoms with Crippen LogP contribution in [0, 0.1) is 11.8 Å². The Morgan fingerprint density at radius 1 is 0.714 bits per heavy atom. The van der Waals surface area contributed by atoms with E-state index in [-0.39, 0.29) is 6.10 Å². The van der Waals surface area contributed by atoms with Crippen LogP contribution in [0.15, 0.2) is 97.1 Å². The quantitative estimate of drug-likeness (QED) is 0.287. The highest BCUT2D eigenvalue weighted by Crippen LogP contribution is 2.45. The van der Waals surface area contributed by atoms with Crippen LogP contribution in [0.4, 0.5) is 0 Å². The molecule has 2 unspecified atom stereocenters. The fourth-order valence-electron chi connectivity index (χ4n) is 6.03. The second-order valence-corrected chi connectivity index (χ2v) is 10.4. The maximum absolute atomic E-state index is 6.73. The normalized spacial score (nSPS) is 22.3. The van der Waals surface area contributed by atoms with Crippen molar-refractivity contribution in [3.05, 3.63) is 119 Å². The highest BCUT2D eigenvalue weighted by molar-refractivity contribution is 5.87. The van der Waals surface area contributed by atoms with Gasteiger partial charge >= 0.3 is 0 Å². The van der Waals surface area contributed by atoms with Crippen molar-refractivity contribution in [1.82, 2.24) is 5.32 Å². The molecular weight excluding hydrogens is 426 g/mol. The summed E-state index contributed by atoms with van der Waals surface area (Å²) in [6.45, 7) is 7.23. The first kappa shape index (κ1) is 23.8. The number of ether oxygens (including phenoxy) is 1. The second-order valence-electron chi connectivity index (χ2n) is 10.4. The van der Waals surface area contributed by atoms with Gasteiger partial charge in [0.15, 0.2) is 0 Å². The lowest BCUT2D eigenvalue weighted by molar-refractivity contribution is -0.0263. The van der Waals surface area contributed by atoms with Gasteiger partial charge in [-0.25, -0.2) is 0 Å². The smallest absolute Gasteiger partial charge is 0.0720 e. The molecule has 1 aliphatic carbocycles. The Morgan fingerprint density at radius 3 is 2.17 bits per heavy atom. The molecule has 4 atom stereocenters. The predicted octanol–water partition coefficient (Wildman–Crippen LogP) is 7.86. The summed E-state index contributed by atoms with van der Waals surface area (Å²) >= 11 is 0. The molecule has 2 heteroatoms. The maximum atomic E-state index is 6.73. The van der Waals surface area contributed by atoms with Crippen LogP contribution in [0.3, 0.4) is 0 Å². The molecule has 180 valence electrons. The highest BCUT2D eigenvalue weighted by Gasteiger charge is 2.37. The molecule has 1 N–H and O–H groups in total. The molecule has 0 bridgehead atoms. The molecule has 5 rings (SSSR count). The molecule has 0 saturated heterocycles. The van der Waals surface area contributed by atoms with E-state index in [9.17, 15) is 0 Å². The Balaban J connectivity index is 1.47. The zero-order valence-corrected chi connectivity index (χ0v) is 21.0. The number of benzene rings is 4. The molecule has 1 aliphatic rings. The van der Waals surface area contributed by atoms with Gasteiger partial charge in [0, 0.05) is 19.0 Å². The van der Waals surface area contributed by atoms with Gasteiger partial charge < -0.3 is 10.1 Å². The van der Waals surface area contributed by atoms with Crippen LogP contribution in [0.2, 0.25) is 0 Å². The summed E-state index contributed by atoms with van der Waals surface area (Å²) in [5.74, 6) is 1.63. The van der Waals surface area contributed by atoms with Crippen molar-refractivity contribution in [2.24, 2.45) is 11.8 Å². The minimum absolute atomic E-state index is 0.215. The van der Waals surface area contributed by atoms with Gasteiger partial charge in [-0.3, -0.25) is 0 Å². The van der Waals surface area contributed by atoms with Crippen molar-refractivity contribution in [2.75, 3.05) is 0 Å². The summed E-state index contributed by atoms with van der Waals surface area (Å²) in [5.41, 5.74) is 5.46. The van der Waals surface area contributed by atoms with E-state index in [0.29, 0.717) is 24.4 Å². The van der Waals surface area contributed by atoms with E-state index >= 15 is 0 Å². The van der Waals surface area contributed by atoms with Gasteiger partial charge in [-0.05, 0) is 57.7 Å². The molecule has 0 amide bonds. The highest BCUT2D eigenvalue weighted by atomic mass is 16.5. The Labute approximate surface area is 210 Å². The number of hydrogen-bond acceptors (Lipinski definition) is 2. The van der Waals surface area contributed by atoms with Crippen molar-refractivity contribution < 1.29 is 4.74 Å². The van der Waals surface area contributed by atoms with Crippen LogP contribution in [0.5, 0.6) is 0 Å². The van der Waals surface area contributed by atoms with Crippen LogP contribution in [-0.4, -0.2) is 6.10 Å². The largest absolute Gasteiger partial charge is 0.373 e. The van der Waals surface area contributed by atoms with E-state index in [1.54, 1.807) is 0 Å². The molecule has 4 aromatic rings. The van der Waals surface area contributed by atoms with Crippen LogP contribution in [0.25, 0.3) is 10.8 Å². The molecule has 0 spiro atoms. The minimum Gasteiger partial charge on any atom is -0.373 e. The Morgan fingerprint density at radius 2 is 1.40 bits per heavy atom.